The Kier molecular flexibility index (Phi) is 3.27. The van der Waals surface area contributed by atoms with Crippen LogP contribution in [0.4, 0.5) is 13.2 Å². The van der Waals surface area contributed by atoms with Crippen LogP contribution in [0.2, 0.25) is 0 Å². The van der Waals surface area contributed by atoms with Crippen LogP contribution in [0.15, 0.2) is 6.07 Å². The molecule has 1 N–H and O–H groups in total. The van der Waals surface area contributed by atoms with Gasteiger partial charge in [0.05, 0.1) is 11.3 Å². The van der Waals surface area contributed by atoms with Crippen LogP contribution in [0.25, 0.3) is 0 Å². The van der Waals surface area contributed by atoms with Crippen molar-refractivity contribution in [3.63, 3.8) is 0 Å². The van der Waals surface area contributed by atoms with Gasteiger partial charge in [-0.1, -0.05) is 0 Å². The maximum absolute atomic E-state index is 11.9. The molecule has 16 heavy (non-hydrogen) atoms. The average molecular weight is 256 g/mol. The van der Waals surface area contributed by atoms with Crippen LogP contribution in [0.5, 0.6) is 11.6 Å². The van der Waals surface area contributed by atoms with Crippen LogP contribution in [0.1, 0.15) is 16.1 Å². The minimum atomic E-state index is -4.93. The molecule has 0 radical (unpaired) electrons. The maximum Gasteiger partial charge on any atom is 0.574 e. The van der Waals surface area contributed by atoms with Crippen molar-refractivity contribution in [2.45, 2.75) is 13.3 Å². The first-order valence-corrected chi connectivity index (χ1v) is 4.24. The molecule has 0 unspecified atom stereocenters. The number of hydrogen-bond donors (Lipinski definition) is 1. The number of rotatable bonds is 2. The Hall–Kier alpha value is -1.50. The fraction of sp³-hybridized carbons (Fsp3) is 0.250. The SMILES string of the molecule is Cc1nc(OC(F)(F)F)cc(C(=O)Cl)c1O. The van der Waals surface area contributed by atoms with E-state index in [9.17, 15) is 23.1 Å². The van der Waals surface area contributed by atoms with Crippen LogP contribution in [0, 0.1) is 6.92 Å². The highest BCUT2D eigenvalue weighted by Gasteiger charge is 2.32. The van der Waals surface area contributed by atoms with Gasteiger partial charge in [0.1, 0.15) is 5.75 Å². The number of carbonyl (C=O) groups is 1. The van der Waals surface area contributed by atoms with Crippen LogP contribution in [-0.2, 0) is 0 Å². The minimum absolute atomic E-state index is 0.189. The highest BCUT2D eigenvalue weighted by atomic mass is 35.5. The van der Waals surface area contributed by atoms with Crippen molar-refractivity contribution in [1.82, 2.24) is 4.98 Å². The Morgan fingerprint density at radius 1 is 1.56 bits per heavy atom. The van der Waals surface area contributed by atoms with Gasteiger partial charge in [-0.15, -0.1) is 13.2 Å². The fourth-order valence-corrected chi connectivity index (χ4v) is 1.10. The van der Waals surface area contributed by atoms with Crippen LogP contribution in [0.3, 0.4) is 0 Å². The number of nitrogens with zero attached hydrogens (tertiary/aromatic N) is 1. The van der Waals surface area contributed by atoms with E-state index in [-0.39, 0.29) is 5.69 Å². The van der Waals surface area contributed by atoms with E-state index in [1.807, 2.05) is 0 Å². The van der Waals surface area contributed by atoms with E-state index in [0.717, 1.165) is 0 Å². The van der Waals surface area contributed by atoms with E-state index in [0.29, 0.717) is 6.07 Å². The molecule has 0 aliphatic rings. The summed E-state index contributed by atoms with van der Waals surface area (Å²) >= 11 is 5.06. The van der Waals surface area contributed by atoms with E-state index >= 15 is 0 Å². The number of carbonyl (C=O) groups excluding carboxylic acids is 1. The van der Waals surface area contributed by atoms with Crippen molar-refractivity contribution >= 4 is 16.8 Å². The summed E-state index contributed by atoms with van der Waals surface area (Å²) < 4.78 is 39.1. The Morgan fingerprint density at radius 3 is 2.56 bits per heavy atom. The van der Waals surface area contributed by atoms with E-state index in [1.54, 1.807) is 0 Å². The molecule has 1 aromatic rings. The zero-order valence-corrected chi connectivity index (χ0v) is 8.56. The molecule has 1 aromatic heterocycles. The highest BCUT2D eigenvalue weighted by Crippen LogP contribution is 2.28. The number of aromatic nitrogens is 1. The molecule has 88 valence electrons. The summed E-state index contributed by atoms with van der Waals surface area (Å²) in [6.45, 7) is 1.21. The summed E-state index contributed by atoms with van der Waals surface area (Å²) in [5, 5.41) is 8.18. The van der Waals surface area contributed by atoms with E-state index in [2.05, 4.69) is 9.72 Å². The van der Waals surface area contributed by atoms with Gasteiger partial charge < -0.3 is 9.84 Å². The van der Waals surface area contributed by atoms with Crippen molar-refractivity contribution in [3.05, 3.63) is 17.3 Å². The van der Waals surface area contributed by atoms with Crippen molar-refractivity contribution in [2.24, 2.45) is 0 Å². The van der Waals surface area contributed by atoms with Gasteiger partial charge in [-0.3, -0.25) is 4.79 Å². The largest absolute Gasteiger partial charge is 0.574 e. The predicted octanol–water partition coefficient (Wildman–Crippen LogP) is 2.37. The Morgan fingerprint density at radius 2 is 2.12 bits per heavy atom. The molecule has 8 heteroatoms. The molecule has 0 aromatic carbocycles. The summed E-state index contributed by atoms with van der Waals surface area (Å²) in [6, 6.07) is 0.616. The summed E-state index contributed by atoms with van der Waals surface area (Å²) in [7, 11) is 0. The standard InChI is InChI=1S/C8H5ClF3NO3/c1-3-6(14)4(7(9)15)2-5(13-3)16-8(10,11)12/h2,14H,1H3. The highest BCUT2D eigenvalue weighted by molar-refractivity contribution is 6.68. The Balaban J connectivity index is 3.19. The number of aryl methyl sites for hydroxylation is 1. The lowest BCUT2D eigenvalue weighted by molar-refractivity contribution is -0.276. The number of aromatic hydroxyl groups is 1. The molecule has 0 fully saturated rings. The van der Waals surface area contributed by atoms with Gasteiger partial charge in [-0.05, 0) is 18.5 Å². The normalized spacial score (nSPS) is 11.3. The second-order valence-electron chi connectivity index (χ2n) is 2.76. The van der Waals surface area contributed by atoms with Gasteiger partial charge in [-0.25, -0.2) is 4.98 Å². The van der Waals surface area contributed by atoms with Crippen molar-refractivity contribution in [3.8, 4) is 11.6 Å². The van der Waals surface area contributed by atoms with Crippen molar-refractivity contribution < 1.29 is 27.8 Å². The zero-order chi connectivity index (χ0) is 12.5. The number of ether oxygens (including phenoxy) is 1. The van der Waals surface area contributed by atoms with E-state index < -0.39 is 28.8 Å². The molecular weight excluding hydrogens is 251 g/mol. The summed E-state index contributed by atoms with van der Waals surface area (Å²) in [6.07, 6.45) is -4.93. The number of alkyl halides is 3. The zero-order valence-electron chi connectivity index (χ0n) is 7.80. The van der Waals surface area contributed by atoms with Gasteiger partial charge in [0.25, 0.3) is 5.24 Å². The maximum atomic E-state index is 11.9. The first-order valence-electron chi connectivity index (χ1n) is 3.87. The van der Waals surface area contributed by atoms with Crippen LogP contribution >= 0.6 is 11.6 Å². The first kappa shape index (κ1) is 12.6. The quantitative estimate of drug-likeness (QED) is 0.824. The fourth-order valence-electron chi connectivity index (χ4n) is 0.958. The lowest BCUT2D eigenvalue weighted by atomic mass is 10.2. The molecule has 0 spiro atoms. The van der Waals surface area contributed by atoms with Crippen LogP contribution in [-0.4, -0.2) is 21.7 Å². The summed E-state index contributed by atoms with van der Waals surface area (Å²) in [4.78, 5) is 14.1. The molecule has 0 atom stereocenters. The van der Waals surface area contributed by atoms with Crippen molar-refractivity contribution in [2.75, 3.05) is 0 Å². The molecule has 0 saturated heterocycles. The molecule has 1 heterocycles. The minimum Gasteiger partial charge on any atom is -0.505 e. The molecule has 0 saturated carbocycles. The molecule has 0 aliphatic carbocycles. The lowest BCUT2D eigenvalue weighted by Crippen LogP contribution is -2.18. The van der Waals surface area contributed by atoms with Gasteiger partial charge in [0, 0.05) is 6.07 Å². The first-order chi connectivity index (χ1) is 7.20. The molecular formula is C8H5ClF3NO3. The van der Waals surface area contributed by atoms with Gasteiger partial charge in [0.15, 0.2) is 0 Å². The average Bonchev–Trinajstić information content (AvgIpc) is 2.07. The van der Waals surface area contributed by atoms with Gasteiger partial charge in [-0.2, -0.15) is 0 Å². The Bertz CT molecular complexity index is 433. The van der Waals surface area contributed by atoms with E-state index in [1.165, 1.54) is 6.92 Å². The molecule has 0 aliphatic heterocycles. The molecule has 0 bridgehead atoms. The van der Waals surface area contributed by atoms with Gasteiger partial charge >= 0.3 is 6.36 Å². The van der Waals surface area contributed by atoms with Gasteiger partial charge in [0.2, 0.25) is 5.88 Å². The number of halogens is 4. The second-order valence-corrected chi connectivity index (χ2v) is 3.11. The third-order valence-electron chi connectivity index (χ3n) is 1.58. The monoisotopic (exact) mass is 255 g/mol. The Labute approximate surface area is 92.6 Å². The second kappa shape index (κ2) is 4.17. The predicted molar refractivity (Wildman–Crippen MR) is 47.5 cm³/mol. The number of hydrogen-bond acceptors (Lipinski definition) is 4. The smallest absolute Gasteiger partial charge is 0.505 e. The number of pyridine rings is 1. The third-order valence-corrected chi connectivity index (χ3v) is 1.78. The lowest BCUT2D eigenvalue weighted by Gasteiger charge is -2.10. The van der Waals surface area contributed by atoms with E-state index in [4.69, 9.17) is 11.6 Å². The third kappa shape index (κ3) is 2.99. The summed E-state index contributed by atoms with van der Waals surface area (Å²) in [5.74, 6) is -1.43. The molecule has 4 nitrogen and oxygen atoms in total. The molecule has 1 rings (SSSR count). The van der Waals surface area contributed by atoms with Crippen molar-refractivity contribution in [1.29, 1.82) is 0 Å². The van der Waals surface area contributed by atoms with Crippen LogP contribution < -0.4 is 4.74 Å². The summed E-state index contributed by atoms with van der Waals surface area (Å²) in [5.41, 5.74) is -0.681. The molecule has 0 amide bonds. The topological polar surface area (TPSA) is 59.4 Å².